The fourth-order valence-electron chi connectivity index (χ4n) is 3.56. The Hall–Kier alpha value is -3.14. The molecular formula is C23H21NO3. The van der Waals surface area contributed by atoms with Crippen LogP contribution in [0, 0.1) is 0 Å². The molecule has 1 aliphatic rings. The van der Waals surface area contributed by atoms with Gasteiger partial charge in [-0.15, -0.1) is 0 Å². The predicted molar refractivity (Wildman–Crippen MR) is 104 cm³/mol. The molecule has 4 nitrogen and oxygen atoms in total. The summed E-state index contributed by atoms with van der Waals surface area (Å²) in [5, 5.41) is 2.24. The molecule has 136 valence electrons. The van der Waals surface area contributed by atoms with E-state index < -0.39 is 0 Å². The highest BCUT2D eigenvalue weighted by Gasteiger charge is 2.32. The summed E-state index contributed by atoms with van der Waals surface area (Å²) in [6.07, 6.45) is 0.341. The smallest absolute Gasteiger partial charge is 0.410 e. The van der Waals surface area contributed by atoms with E-state index >= 15 is 0 Å². The van der Waals surface area contributed by atoms with Gasteiger partial charge in [0.2, 0.25) is 0 Å². The number of rotatable bonds is 3. The number of hydrogen-bond donors (Lipinski definition) is 0. The van der Waals surface area contributed by atoms with Crippen molar-refractivity contribution in [2.75, 3.05) is 6.54 Å². The third kappa shape index (κ3) is 3.85. The maximum absolute atomic E-state index is 12.7. The number of ketones is 1. The van der Waals surface area contributed by atoms with E-state index in [-0.39, 0.29) is 24.5 Å². The van der Waals surface area contributed by atoms with E-state index in [4.69, 9.17) is 4.74 Å². The lowest BCUT2D eigenvalue weighted by Crippen LogP contribution is -2.41. The number of likely N-dealkylation sites (tertiary alicyclic amines) is 1. The maximum Gasteiger partial charge on any atom is 0.410 e. The SMILES string of the molecule is O=C1CCN(C(=O)OCc2ccccc2)C(c2ccc3ccccc3c2)C1. The molecular weight excluding hydrogens is 338 g/mol. The quantitative estimate of drug-likeness (QED) is 0.669. The Bertz CT molecular complexity index is 968. The molecule has 3 aromatic rings. The highest BCUT2D eigenvalue weighted by atomic mass is 16.6. The van der Waals surface area contributed by atoms with Gasteiger partial charge in [0.1, 0.15) is 12.4 Å². The number of nitrogens with zero attached hydrogens (tertiary/aromatic N) is 1. The lowest BCUT2D eigenvalue weighted by atomic mass is 9.93. The van der Waals surface area contributed by atoms with Gasteiger partial charge < -0.3 is 9.64 Å². The molecule has 0 aromatic heterocycles. The molecule has 1 saturated heterocycles. The maximum atomic E-state index is 12.7. The van der Waals surface area contributed by atoms with Crippen molar-refractivity contribution in [1.29, 1.82) is 0 Å². The standard InChI is InChI=1S/C23H21NO3/c25-21-12-13-24(23(26)27-16-17-6-2-1-3-7-17)22(15-21)20-11-10-18-8-4-5-9-19(18)14-20/h1-11,14,22H,12-13,15-16H2. The molecule has 0 aliphatic carbocycles. The molecule has 1 aliphatic heterocycles. The van der Waals surface area contributed by atoms with Crippen LogP contribution in [-0.2, 0) is 16.1 Å². The van der Waals surface area contributed by atoms with Crippen molar-refractivity contribution in [1.82, 2.24) is 4.90 Å². The minimum atomic E-state index is -0.371. The van der Waals surface area contributed by atoms with Gasteiger partial charge in [0.05, 0.1) is 6.04 Å². The van der Waals surface area contributed by atoms with Crippen LogP contribution in [0.3, 0.4) is 0 Å². The fourth-order valence-corrected chi connectivity index (χ4v) is 3.56. The van der Waals surface area contributed by atoms with Crippen LogP contribution in [0.15, 0.2) is 72.8 Å². The second-order valence-corrected chi connectivity index (χ2v) is 6.85. The number of Topliss-reactive ketones (excluding diaryl/α,β-unsaturated/α-hetero) is 1. The summed E-state index contributed by atoms with van der Waals surface area (Å²) in [6, 6.07) is 23.5. The Morgan fingerprint density at radius 2 is 1.70 bits per heavy atom. The summed E-state index contributed by atoms with van der Waals surface area (Å²) in [5.74, 6) is 0.181. The first kappa shape index (κ1) is 17.3. The summed E-state index contributed by atoms with van der Waals surface area (Å²) in [7, 11) is 0. The zero-order chi connectivity index (χ0) is 18.6. The van der Waals surface area contributed by atoms with Gasteiger partial charge in [0.15, 0.2) is 0 Å². The molecule has 0 radical (unpaired) electrons. The Labute approximate surface area is 158 Å². The zero-order valence-electron chi connectivity index (χ0n) is 15.0. The summed E-state index contributed by atoms with van der Waals surface area (Å²) < 4.78 is 5.52. The van der Waals surface area contributed by atoms with Crippen molar-refractivity contribution in [2.24, 2.45) is 0 Å². The minimum absolute atomic E-state index is 0.181. The molecule has 1 heterocycles. The van der Waals surface area contributed by atoms with Gasteiger partial charge in [0, 0.05) is 19.4 Å². The topological polar surface area (TPSA) is 46.6 Å². The van der Waals surface area contributed by atoms with E-state index in [1.807, 2.05) is 60.7 Å². The molecule has 0 bridgehead atoms. The number of benzene rings is 3. The van der Waals surface area contributed by atoms with Crippen molar-refractivity contribution >= 4 is 22.6 Å². The number of amides is 1. The zero-order valence-corrected chi connectivity index (χ0v) is 15.0. The van der Waals surface area contributed by atoms with Gasteiger partial charge in [0.25, 0.3) is 0 Å². The lowest BCUT2D eigenvalue weighted by Gasteiger charge is -2.34. The van der Waals surface area contributed by atoms with Crippen LogP contribution in [0.4, 0.5) is 4.79 Å². The average Bonchev–Trinajstić information content (AvgIpc) is 2.72. The number of carbonyl (C=O) groups excluding carboxylic acids is 2. The summed E-state index contributed by atoms with van der Waals surface area (Å²) in [4.78, 5) is 26.5. The van der Waals surface area contributed by atoms with Crippen LogP contribution < -0.4 is 0 Å². The van der Waals surface area contributed by atoms with Gasteiger partial charge >= 0.3 is 6.09 Å². The molecule has 1 fully saturated rings. The minimum Gasteiger partial charge on any atom is -0.445 e. The Kier molecular flexibility index (Phi) is 4.88. The highest BCUT2D eigenvalue weighted by Crippen LogP contribution is 2.32. The number of carbonyl (C=O) groups is 2. The predicted octanol–water partition coefficient (Wildman–Crippen LogP) is 4.88. The Morgan fingerprint density at radius 3 is 2.52 bits per heavy atom. The molecule has 3 aromatic carbocycles. The van der Waals surface area contributed by atoms with Crippen LogP contribution in [0.5, 0.6) is 0 Å². The highest BCUT2D eigenvalue weighted by molar-refractivity contribution is 5.85. The third-order valence-electron chi connectivity index (χ3n) is 5.03. The number of ether oxygens (including phenoxy) is 1. The molecule has 27 heavy (non-hydrogen) atoms. The first-order valence-corrected chi connectivity index (χ1v) is 9.18. The van der Waals surface area contributed by atoms with Crippen LogP contribution in [0.1, 0.15) is 30.0 Å². The van der Waals surface area contributed by atoms with Crippen LogP contribution in [0.2, 0.25) is 0 Å². The molecule has 4 heteroatoms. The van der Waals surface area contributed by atoms with E-state index in [0.29, 0.717) is 19.4 Å². The van der Waals surface area contributed by atoms with Crippen molar-refractivity contribution in [3.8, 4) is 0 Å². The van der Waals surface area contributed by atoms with Crippen molar-refractivity contribution in [2.45, 2.75) is 25.5 Å². The molecule has 1 atom stereocenters. The van der Waals surface area contributed by atoms with E-state index in [2.05, 4.69) is 12.1 Å². The molecule has 0 saturated carbocycles. The average molecular weight is 359 g/mol. The van der Waals surface area contributed by atoms with Gasteiger partial charge in [-0.05, 0) is 28.0 Å². The fraction of sp³-hybridized carbons (Fsp3) is 0.217. The second-order valence-electron chi connectivity index (χ2n) is 6.85. The lowest BCUT2D eigenvalue weighted by molar-refractivity contribution is -0.122. The summed E-state index contributed by atoms with van der Waals surface area (Å²) in [6.45, 7) is 0.624. The van der Waals surface area contributed by atoms with Crippen molar-refractivity contribution in [3.63, 3.8) is 0 Å². The number of hydrogen-bond acceptors (Lipinski definition) is 3. The Morgan fingerprint density at radius 1 is 0.963 bits per heavy atom. The van der Waals surface area contributed by atoms with Gasteiger partial charge in [-0.2, -0.15) is 0 Å². The first-order valence-electron chi connectivity index (χ1n) is 9.18. The number of fused-ring (bicyclic) bond motifs is 1. The molecule has 4 rings (SSSR count). The van der Waals surface area contributed by atoms with Gasteiger partial charge in [-0.25, -0.2) is 4.79 Å². The third-order valence-corrected chi connectivity index (χ3v) is 5.03. The van der Waals surface area contributed by atoms with Crippen molar-refractivity contribution < 1.29 is 14.3 Å². The van der Waals surface area contributed by atoms with E-state index in [1.165, 1.54) is 0 Å². The van der Waals surface area contributed by atoms with E-state index in [1.54, 1.807) is 4.90 Å². The largest absolute Gasteiger partial charge is 0.445 e. The molecule has 0 N–H and O–H groups in total. The number of piperidine rings is 1. The molecule has 1 unspecified atom stereocenters. The molecule has 0 spiro atoms. The van der Waals surface area contributed by atoms with E-state index in [9.17, 15) is 9.59 Å². The van der Waals surface area contributed by atoms with Gasteiger partial charge in [-0.1, -0.05) is 66.7 Å². The van der Waals surface area contributed by atoms with Crippen LogP contribution in [0.25, 0.3) is 10.8 Å². The monoisotopic (exact) mass is 359 g/mol. The summed E-state index contributed by atoms with van der Waals surface area (Å²) in [5.41, 5.74) is 1.92. The second kappa shape index (κ2) is 7.62. The van der Waals surface area contributed by atoms with E-state index in [0.717, 1.165) is 21.9 Å². The molecule has 1 amide bonds. The summed E-state index contributed by atoms with van der Waals surface area (Å²) >= 11 is 0. The van der Waals surface area contributed by atoms with Crippen LogP contribution >= 0.6 is 0 Å². The first-order chi connectivity index (χ1) is 13.2. The Balaban J connectivity index is 1.55. The van der Waals surface area contributed by atoms with Crippen LogP contribution in [-0.4, -0.2) is 23.3 Å². The van der Waals surface area contributed by atoms with Gasteiger partial charge in [-0.3, -0.25) is 4.79 Å². The van der Waals surface area contributed by atoms with Crippen molar-refractivity contribution in [3.05, 3.63) is 83.9 Å². The normalized spacial score (nSPS) is 17.1.